The molecule has 0 bridgehead atoms. The molecule has 1 saturated heterocycles. The standard InChI is InChI=1S/C15H17N3O2/c1-11-3-2-4-12(9-11)14-13(10-20-17-14)15(19)18-7-5-16-6-8-18/h2-4,9-10,16H,5-8H2,1H3. The maximum Gasteiger partial charge on any atom is 0.259 e. The van der Waals surface area contributed by atoms with Crippen LogP contribution in [0.15, 0.2) is 35.1 Å². The molecule has 1 aromatic heterocycles. The van der Waals surface area contributed by atoms with E-state index in [4.69, 9.17) is 4.52 Å². The molecule has 0 aliphatic carbocycles. The van der Waals surface area contributed by atoms with Crippen molar-refractivity contribution >= 4 is 5.91 Å². The first-order valence-electron chi connectivity index (χ1n) is 6.77. The van der Waals surface area contributed by atoms with Crippen molar-refractivity contribution in [3.05, 3.63) is 41.7 Å². The summed E-state index contributed by atoms with van der Waals surface area (Å²) in [5.41, 5.74) is 3.21. The van der Waals surface area contributed by atoms with Gasteiger partial charge in [-0.05, 0) is 13.0 Å². The van der Waals surface area contributed by atoms with Crippen LogP contribution in [0.4, 0.5) is 0 Å². The highest BCUT2D eigenvalue weighted by Crippen LogP contribution is 2.24. The number of hydrogen-bond acceptors (Lipinski definition) is 4. The minimum absolute atomic E-state index is 0.00995. The predicted molar refractivity (Wildman–Crippen MR) is 75.4 cm³/mol. The zero-order valence-corrected chi connectivity index (χ0v) is 11.4. The van der Waals surface area contributed by atoms with E-state index in [2.05, 4.69) is 10.5 Å². The Labute approximate surface area is 117 Å². The number of rotatable bonds is 2. The molecule has 2 aromatic rings. The Morgan fingerprint density at radius 1 is 1.35 bits per heavy atom. The van der Waals surface area contributed by atoms with E-state index < -0.39 is 0 Å². The molecule has 1 aromatic carbocycles. The highest BCUT2D eigenvalue weighted by atomic mass is 16.5. The summed E-state index contributed by atoms with van der Waals surface area (Å²) in [6.07, 6.45) is 1.45. The summed E-state index contributed by atoms with van der Waals surface area (Å²) in [7, 11) is 0. The van der Waals surface area contributed by atoms with Crippen molar-refractivity contribution in [2.75, 3.05) is 26.2 Å². The molecule has 0 spiro atoms. The number of benzene rings is 1. The van der Waals surface area contributed by atoms with Crippen LogP contribution >= 0.6 is 0 Å². The van der Waals surface area contributed by atoms with Crippen LogP contribution in [-0.4, -0.2) is 42.1 Å². The van der Waals surface area contributed by atoms with Crippen LogP contribution in [0.1, 0.15) is 15.9 Å². The average Bonchev–Trinajstić information content (AvgIpc) is 2.97. The maximum absolute atomic E-state index is 12.5. The zero-order valence-electron chi connectivity index (χ0n) is 11.4. The summed E-state index contributed by atoms with van der Waals surface area (Å²) in [5, 5.41) is 7.24. The van der Waals surface area contributed by atoms with Crippen LogP contribution in [0.5, 0.6) is 0 Å². The number of carbonyl (C=O) groups excluding carboxylic acids is 1. The SMILES string of the molecule is Cc1cccc(-c2nocc2C(=O)N2CCNCC2)c1. The Bertz CT molecular complexity index is 615. The lowest BCUT2D eigenvalue weighted by Gasteiger charge is -2.27. The normalized spacial score (nSPS) is 15.3. The largest absolute Gasteiger partial charge is 0.363 e. The Morgan fingerprint density at radius 2 is 2.15 bits per heavy atom. The third-order valence-corrected chi connectivity index (χ3v) is 3.50. The number of hydrogen-bond donors (Lipinski definition) is 1. The molecule has 1 aliphatic heterocycles. The van der Waals surface area contributed by atoms with Gasteiger partial charge in [0.1, 0.15) is 17.5 Å². The first-order valence-corrected chi connectivity index (χ1v) is 6.77. The number of aryl methyl sites for hydroxylation is 1. The van der Waals surface area contributed by atoms with Crippen molar-refractivity contribution in [3.63, 3.8) is 0 Å². The monoisotopic (exact) mass is 271 g/mol. The fourth-order valence-electron chi connectivity index (χ4n) is 2.43. The lowest BCUT2D eigenvalue weighted by Crippen LogP contribution is -2.46. The lowest BCUT2D eigenvalue weighted by atomic mass is 10.0. The molecule has 2 heterocycles. The van der Waals surface area contributed by atoms with E-state index in [-0.39, 0.29) is 5.91 Å². The number of aromatic nitrogens is 1. The number of piperazine rings is 1. The van der Waals surface area contributed by atoms with E-state index in [0.29, 0.717) is 11.3 Å². The molecule has 1 N–H and O–H groups in total. The first kappa shape index (κ1) is 12.9. The molecule has 5 heteroatoms. The molecule has 5 nitrogen and oxygen atoms in total. The molecule has 1 fully saturated rings. The first-order chi connectivity index (χ1) is 9.75. The second-order valence-electron chi connectivity index (χ2n) is 4.99. The van der Waals surface area contributed by atoms with E-state index in [1.54, 1.807) is 0 Å². The summed E-state index contributed by atoms with van der Waals surface area (Å²) in [6.45, 7) is 5.11. The zero-order chi connectivity index (χ0) is 13.9. The average molecular weight is 271 g/mol. The Hall–Kier alpha value is -2.14. The van der Waals surface area contributed by atoms with Crippen LogP contribution in [0.25, 0.3) is 11.3 Å². The minimum atomic E-state index is -0.00995. The van der Waals surface area contributed by atoms with E-state index in [1.807, 2.05) is 36.1 Å². The summed E-state index contributed by atoms with van der Waals surface area (Å²) in [4.78, 5) is 14.4. The van der Waals surface area contributed by atoms with Crippen molar-refractivity contribution in [1.29, 1.82) is 0 Å². The fraction of sp³-hybridized carbons (Fsp3) is 0.333. The molecule has 3 rings (SSSR count). The fourth-order valence-corrected chi connectivity index (χ4v) is 2.43. The molecule has 0 atom stereocenters. The van der Waals surface area contributed by atoms with Gasteiger partial charge in [-0.2, -0.15) is 0 Å². The van der Waals surface area contributed by atoms with Crippen molar-refractivity contribution in [3.8, 4) is 11.3 Å². The molecular formula is C15H17N3O2. The van der Waals surface area contributed by atoms with Gasteiger partial charge in [0.25, 0.3) is 5.91 Å². The van der Waals surface area contributed by atoms with Crippen LogP contribution in [0.3, 0.4) is 0 Å². The second kappa shape index (κ2) is 5.46. The van der Waals surface area contributed by atoms with Gasteiger partial charge in [-0.1, -0.05) is 28.9 Å². The van der Waals surface area contributed by atoms with E-state index in [1.165, 1.54) is 6.26 Å². The summed E-state index contributed by atoms with van der Waals surface area (Å²) >= 11 is 0. The molecule has 1 amide bonds. The van der Waals surface area contributed by atoms with Gasteiger partial charge in [0, 0.05) is 31.7 Å². The number of carbonyl (C=O) groups is 1. The van der Waals surface area contributed by atoms with Crippen molar-refractivity contribution in [1.82, 2.24) is 15.4 Å². The molecule has 0 unspecified atom stereocenters. The van der Waals surface area contributed by atoms with Gasteiger partial charge < -0.3 is 14.7 Å². The van der Waals surface area contributed by atoms with E-state index >= 15 is 0 Å². The van der Waals surface area contributed by atoms with Gasteiger partial charge in [-0.15, -0.1) is 0 Å². The summed E-state index contributed by atoms with van der Waals surface area (Å²) in [6, 6.07) is 7.92. The Kier molecular flexibility index (Phi) is 3.52. The Morgan fingerprint density at radius 3 is 2.90 bits per heavy atom. The van der Waals surface area contributed by atoms with Gasteiger partial charge in [-0.25, -0.2) is 0 Å². The topological polar surface area (TPSA) is 58.4 Å². The molecule has 20 heavy (non-hydrogen) atoms. The molecule has 104 valence electrons. The number of nitrogens with one attached hydrogen (secondary N) is 1. The van der Waals surface area contributed by atoms with E-state index in [0.717, 1.165) is 37.3 Å². The molecular weight excluding hydrogens is 254 g/mol. The third-order valence-electron chi connectivity index (χ3n) is 3.50. The maximum atomic E-state index is 12.5. The second-order valence-corrected chi connectivity index (χ2v) is 4.99. The van der Waals surface area contributed by atoms with Gasteiger partial charge in [0.05, 0.1) is 0 Å². The number of amides is 1. The highest BCUT2D eigenvalue weighted by Gasteiger charge is 2.23. The van der Waals surface area contributed by atoms with Crippen LogP contribution in [0, 0.1) is 6.92 Å². The van der Waals surface area contributed by atoms with Gasteiger partial charge in [-0.3, -0.25) is 4.79 Å². The van der Waals surface area contributed by atoms with Crippen molar-refractivity contribution in [2.45, 2.75) is 6.92 Å². The minimum Gasteiger partial charge on any atom is -0.363 e. The smallest absolute Gasteiger partial charge is 0.259 e. The third kappa shape index (κ3) is 2.44. The summed E-state index contributed by atoms with van der Waals surface area (Å²) in [5.74, 6) is -0.00995. The Balaban J connectivity index is 1.91. The van der Waals surface area contributed by atoms with Gasteiger partial charge in [0.2, 0.25) is 0 Å². The summed E-state index contributed by atoms with van der Waals surface area (Å²) < 4.78 is 5.04. The number of nitrogens with zero attached hydrogens (tertiary/aromatic N) is 2. The molecule has 1 aliphatic rings. The van der Waals surface area contributed by atoms with Crippen LogP contribution in [0.2, 0.25) is 0 Å². The van der Waals surface area contributed by atoms with Crippen LogP contribution in [-0.2, 0) is 0 Å². The van der Waals surface area contributed by atoms with E-state index in [9.17, 15) is 4.79 Å². The van der Waals surface area contributed by atoms with Crippen molar-refractivity contribution < 1.29 is 9.32 Å². The quantitative estimate of drug-likeness (QED) is 0.903. The van der Waals surface area contributed by atoms with Gasteiger partial charge in [0.15, 0.2) is 0 Å². The molecule has 0 saturated carbocycles. The predicted octanol–water partition coefficient (Wildman–Crippen LogP) is 1.70. The van der Waals surface area contributed by atoms with Crippen molar-refractivity contribution in [2.24, 2.45) is 0 Å². The molecule has 0 radical (unpaired) electrons. The van der Waals surface area contributed by atoms with Crippen LogP contribution < -0.4 is 5.32 Å². The van der Waals surface area contributed by atoms with Gasteiger partial charge >= 0.3 is 0 Å². The lowest BCUT2D eigenvalue weighted by molar-refractivity contribution is 0.0736. The highest BCUT2D eigenvalue weighted by molar-refractivity contribution is 5.99.